The Morgan fingerprint density at radius 3 is 2.50 bits per heavy atom. The molecule has 1 atom stereocenters. The molecule has 0 bridgehead atoms. The van der Waals surface area contributed by atoms with E-state index in [9.17, 15) is 5.11 Å². The smallest absolute Gasteiger partial charge is 0.128 e. The molecule has 2 heteroatoms. The first-order chi connectivity index (χ1) is 9.74. The first-order valence-corrected chi connectivity index (χ1v) is 7.32. The van der Waals surface area contributed by atoms with Crippen LogP contribution in [0.1, 0.15) is 30.0 Å². The SMILES string of the molecule is CCCN1Cc2ccccc2C(O)(c2ccccc2)C1. The molecule has 0 radical (unpaired) electrons. The molecule has 1 unspecified atom stereocenters. The zero-order chi connectivity index (χ0) is 14.0. The minimum Gasteiger partial charge on any atom is -0.379 e. The van der Waals surface area contributed by atoms with E-state index in [1.165, 1.54) is 5.56 Å². The average Bonchev–Trinajstić information content (AvgIpc) is 2.49. The minimum absolute atomic E-state index is 0.669. The van der Waals surface area contributed by atoms with Crippen LogP contribution in [-0.2, 0) is 12.1 Å². The zero-order valence-electron chi connectivity index (χ0n) is 11.9. The van der Waals surface area contributed by atoms with Gasteiger partial charge in [-0.15, -0.1) is 0 Å². The molecule has 0 saturated heterocycles. The second-order valence-corrected chi connectivity index (χ2v) is 5.59. The van der Waals surface area contributed by atoms with Crippen molar-refractivity contribution in [3.05, 3.63) is 71.3 Å². The van der Waals surface area contributed by atoms with Crippen LogP contribution in [0.15, 0.2) is 54.6 Å². The molecule has 0 aliphatic carbocycles. The first kappa shape index (κ1) is 13.3. The summed E-state index contributed by atoms with van der Waals surface area (Å²) in [7, 11) is 0. The van der Waals surface area contributed by atoms with E-state index in [1.807, 2.05) is 36.4 Å². The van der Waals surface area contributed by atoms with Gasteiger partial charge in [0, 0.05) is 13.1 Å². The predicted molar refractivity (Wildman–Crippen MR) is 81.5 cm³/mol. The van der Waals surface area contributed by atoms with Crippen molar-refractivity contribution in [3.63, 3.8) is 0 Å². The van der Waals surface area contributed by atoms with Crippen molar-refractivity contribution >= 4 is 0 Å². The van der Waals surface area contributed by atoms with Crippen molar-refractivity contribution in [1.82, 2.24) is 4.90 Å². The summed E-state index contributed by atoms with van der Waals surface area (Å²) in [5.74, 6) is 0. The van der Waals surface area contributed by atoms with E-state index in [1.54, 1.807) is 0 Å². The maximum absolute atomic E-state index is 11.4. The van der Waals surface area contributed by atoms with Crippen LogP contribution < -0.4 is 0 Å². The van der Waals surface area contributed by atoms with Gasteiger partial charge in [0.2, 0.25) is 0 Å². The minimum atomic E-state index is -0.898. The van der Waals surface area contributed by atoms with Crippen LogP contribution in [0.2, 0.25) is 0 Å². The highest BCUT2D eigenvalue weighted by atomic mass is 16.3. The highest BCUT2D eigenvalue weighted by Gasteiger charge is 2.38. The summed E-state index contributed by atoms with van der Waals surface area (Å²) in [6, 6.07) is 18.3. The Kier molecular flexibility index (Phi) is 3.60. The quantitative estimate of drug-likeness (QED) is 0.923. The van der Waals surface area contributed by atoms with E-state index in [0.717, 1.165) is 30.6 Å². The molecule has 20 heavy (non-hydrogen) atoms. The molecule has 3 rings (SSSR count). The van der Waals surface area contributed by atoms with Gasteiger partial charge in [0.15, 0.2) is 0 Å². The van der Waals surface area contributed by atoms with E-state index >= 15 is 0 Å². The molecule has 1 N–H and O–H groups in total. The summed E-state index contributed by atoms with van der Waals surface area (Å²) in [6.07, 6.45) is 1.10. The molecule has 0 spiro atoms. The maximum atomic E-state index is 11.4. The average molecular weight is 267 g/mol. The van der Waals surface area contributed by atoms with E-state index in [4.69, 9.17) is 0 Å². The second-order valence-electron chi connectivity index (χ2n) is 5.59. The van der Waals surface area contributed by atoms with Gasteiger partial charge in [-0.05, 0) is 29.7 Å². The Balaban J connectivity index is 2.09. The number of fused-ring (bicyclic) bond motifs is 1. The van der Waals surface area contributed by atoms with Gasteiger partial charge in [-0.2, -0.15) is 0 Å². The van der Waals surface area contributed by atoms with Gasteiger partial charge in [-0.25, -0.2) is 0 Å². The number of nitrogens with zero attached hydrogens (tertiary/aromatic N) is 1. The molecule has 2 aromatic rings. The fourth-order valence-electron chi connectivity index (χ4n) is 3.20. The van der Waals surface area contributed by atoms with Crippen molar-refractivity contribution in [2.75, 3.05) is 13.1 Å². The number of hydrogen-bond acceptors (Lipinski definition) is 2. The molecule has 0 aromatic heterocycles. The lowest BCUT2D eigenvalue weighted by Gasteiger charge is -2.41. The van der Waals surface area contributed by atoms with Gasteiger partial charge < -0.3 is 5.11 Å². The normalized spacial score (nSPS) is 22.5. The van der Waals surface area contributed by atoms with Crippen molar-refractivity contribution in [1.29, 1.82) is 0 Å². The van der Waals surface area contributed by atoms with Crippen LogP contribution in [0.5, 0.6) is 0 Å². The second kappa shape index (κ2) is 5.39. The summed E-state index contributed by atoms with van der Waals surface area (Å²) in [4.78, 5) is 2.34. The van der Waals surface area contributed by atoms with Crippen molar-refractivity contribution in [3.8, 4) is 0 Å². The highest BCUT2D eigenvalue weighted by molar-refractivity contribution is 5.43. The lowest BCUT2D eigenvalue weighted by Crippen LogP contribution is -2.46. The van der Waals surface area contributed by atoms with Crippen LogP contribution in [0.4, 0.5) is 0 Å². The number of β-amino-alcohol motifs (C(OH)–C–C–N with tert-alkyl or cyclic N) is 1. The van der Waals surface area contributed by atoms with E-state index in [2.05, 4.69) is 30.0 Å². The number of benzene rings is 2. The molecule has 1 aliphatic rings. The molecule has 0 saturated carbocycles. The van der Waals surface area contributed by atoms with Crippen molar-refractivity contribution in [2.24, 2.45) is 0 Å². The van der Waals surface area contributed by atoms with Crippen LogP contribution in [0.25, 0.3) is 0 Å². The summed E-state index contributed by atoms with van der Waals surface area (Å²) in [5.41, 5.74) is 2.37. The molecule has 104 valence electrons. The Hall–Kier alpha value is -1.64. The van der Waals surface area contributed by atoms with Gasteiger partial charge in [0.05, 0.1) is 0 Å². The van der Waals surface area contributed by atoms with E-state index < -0.39 is 5.60 Å². The number of hydrogen-bond donors (Lipinski definition) is 1. The van der Waals surface area contributed by atoms with Crippen LogP contribution in [0, 0.1) is 0 Å². The summed E-state index contributed by atoms with van der Waals surface area (Å²) in [6.45, 7) is 4.80. The lowest BCUT2D eigenvalue weighted by atomic mass is 9.80. The number of rotatable bonds is 3. The number of aliphatic hydroxyl groups is 1. The van der Waals surface area contributed by atoms with Crippen molar-refractivity contribution < 1.29 is 5.11 Å². The molecule has 0 fully saturated rings. The highest BCUT2D eigenvalue weighted by Crippen LogP contribution is 2.37. The van der Waals surface area contributed by atoms with Gasteiger partial charge in [0.1, 0.15) is 5.60 Å². The molecule has 2 aromatic carbocycles. The predicted octanol–water partition coefficient (Wildman–Crippen LogP) is 3.15. The first-order valence-electron chi connectivity index (χ1n) is 7.32. The molecular weight excluding hydrogens is 246 g/mol. The zero-order valence-corrected chi connectivity index (χ0v) is 11.9. The van der Waals surface area contributed by atoms with Gasteiger partial charge >= 0.3 is 0 Å². The summed E-state index contributed by atoms with van der Waals surface area (Å²) >= 11 is 0. The summed E-state index contributed by atoms with van der Waals surface area (Å²) < 4.78 is 0. The Labute approximate surface area is 120 Å². The molecule has 1 aliphatic heterocycles. The van der Waals surface area contributed by atoms with Crippen LogP contribution in [0.3, 0.4) is 0 Å². The third-order valence-electron chi connectivity index (χ3n) is 4.10. The monoisotopic (exact) mass is 267 g/mol. The van der Waals surface area contributed by atoms with Gasteiger partial charge in [-0.1, -0.05) is 61.5 Å². The lowest BCUT2D eigenvalue weighted by molar-refractivity contribution is 0.0186. The van der Waals surface area contributed by atoms with Crippen LogP contribution >= 0.6 is 0 Å². The van der Waals surface area contributed by atoms with Gasteiger partial charge in [0.25, 0.3) is 0 Å². The molecule has 2 nitrogen and oxygen atoms in total. The topological polar surface area (TPSA) is 23.5 Å². The van der Waals surface area contributed by atoms with Crippen molar-refractivity contribution in [2.45, 2.75) is 25.5 Å². The molecule has 0 amide bonds. The Bertz CT molecular complexity index is 581. The Morgan fingerprint density at radius 2 is 1.75 bits per heavy atom. The Morgan fingerprint density at radius 1 is 1.05 bits per heavy atom. The third-order valence-corrected chi connectivity index (χ3v) is 4.10. The van der Waals surface area contributed by atoms with Crippen LogP contribution in [-0.4, -0.2) is 23.1 Å². The maximum Gasteiger partial charge on any atom is 0.128 e. The summed E-state index contributed by atoms with van der Waals surface area (Å²) in [5, 5.41) is 11.4. The fourth-order valence-corrected chi connectivity index (χ4v) is 3.20. The third kappa shape index (κ3) is 2.26. The van der Waals surface area contributed by atoms with E-state index in [0.29, 0.717) is 6.54 Å². The standard InChI is InChI=1S/C18H21NO/c1-2-12-19-13-15-8-6-7-11-17(15)18(20,14-19)16-9-4-3-5-10-16/h3-11,20H,2,12-14H2,1H3. The molecule has 1 heterocycles. The largest absolute Gasteiger partial charge is 0.379 e. The van der Waals surface area contributed by atoms with Gasteiger partial charge in [-0.3, -0.25) is 4.90 Å². The molecular formula is C18H21NO. The fraction of sp³-hybridized carbons (Fsp3) is 0.333. The van der Waals surface area contributed by atoms with E-state index in [-0.39, 0.29) is 0 Å².